The van der Waals surface area contributed by atoms with Crippen LogP contribution in [0.5, 0.6) is 11.5 Å². The van der Waals surface area contributed by atoms with E-state index in [2.05, 4.69) is 5.32 Å². The number of carbonyl (C=O) groups is 2. The molecule has 0 aliphatic carbocycles. The van der Waals surface area contributed by atoms with Crippen molar-refractivity contribution in [2.24, 2.45) is 0 Å². The van der Waals surface area contributed by atoms with Crippen molar-refractivity contribution in [3.63, 3.8) is 0 Å². The summed E-state index contributed by atoms with van der Waals surface area (Å²) in [4.78, 5) is 27.0. The number of benzene rings is 3. The van der Waals surface area contributed by atoms with Crippen LogP contribution in [0.1, 0.15) is 11.1 Å². The molecule has 1 saturated heterocycles. The monoisotopic (exact) mass is 508 g/mol. The van der Waals surface area contributed by atoms with Gasteiger partial charge >= 0.3 is 0 Å². The third-order valence-corrected chi connectivity index (χ3v) is 6.33. The van der Waals surface area contributed by atoms with Gasteiger partial charge in [0.2, 0.25) is 0 Å². The second kappa shape index (κ2) is 10.7. The van der Waals surface area contributed by atoms with E-state index in [4.69, 9.17) is 21.7 Å². The Labute approximate surface area is 211 Å². The highest BCUT2D eigenvalue weighted by molar-refractivity contribution is 8.27. The first-order valence-electron chi connectivity index (χ1n) is 10.5. The standard InChI is InChI=1S/C26H21FN2O4S2/c1-16-4-3-5-19(12-16)28-24(30)15-33-21-11-6-17(13-22(21)32-2)14-23-25(31)29(26(34)35-23)20-9-7-18(27)8-10-20/h3-14H,15H2,1-2H3,(H,28,30)/b23-14-. The van der Waals surface area contributed by atoms with Crippen molar-refractivity contribution in [2.45, 2.75) is 6.92 Å². The first-order chi connectivity index (χ1) is 16.8. The van der Waals surface area contributed by atoms with Crippen LogP contribution in [0.15, 0.2) is 71.6 Å². The summed E-state index contributed by atoms with van der Waals surface area (Å²) in [6.45, 7) is 1.75. The van der Waals surface area contributed by atoms with Crippen LogP contribution in [0.4, 0.5) is 15.8 Å². The summed E-state index contributed by atoms with van der Waals surface area (Å²) in [5.74, 6) is -0.180. The predicted molar refractivity (Wildman–Crippen MR) is 140 cm³/mol. The van der Waals surface area contributed by atoms with Crippen molar-refractivity contribution >= 4 is 57.6 Å². The molecule has 0 spiro atoms. The molecule has 1 N–H and O–H groups in total. The summed E-state index contributed by atoms with van der Waals surface area (Å²) in [6.07, 6.45) is 1.69. The van der Waals surface area contributed by atoms with Gasteiger partial charge in [-0.1, -0.05) is 42.2 Å². The van der Waals surface area contributed by atoms with Gasteiger partial charge in [0.15, 0.2) is 22.4 Å². The molecule has 0 aromatic heterocycles. The van der Waals surface area contributed by atoms with E-state index < -0.39 is 5.82 Å². The number of thioether (sulfide) groups is 1. The third kappa shape index (κ3) is 5.87. The Morgan fingerprint density at radius 1 is 1.11 bits per heavy atom. The van der Waals surface area contributed by atoms with Crippen LogP contribution in [-0.4, -0.2) is 29.9 Å². The molecule has 178 valence electrons. The average molecular weight is 509 g/mol. The van der Waals surface area contributed by atoms with Gasteiger partial charge in [-0.25, -0.2) is 4.39 Å². The summed E-state index contributed by atoms with van der Waals surface area (Å²) < 4.78 is 24.7. The average Bonchev–Trinajstić information content (AvgIpc) is 3.11. The zero-order valence-corrected chi connectivity index (χ0v) is 20.5. The Morgan fingerprint density at radius 2 is 1.89 bits per heavy atom. The fourth-order valence-corrected chi connectivity index (χ4v) is 4.69. The van der Waals surface area contributed by atoms with Crippen LogP contribution in [0, 0.1) is 12.7 Å². The van der Waals surface area contributed by atoms with Crippen LogP contribution in [0.3, 0.4) is 0 Å². The lowest BCUT2D eigenvalue weighted by Gasteiger charge is -2.14. The van der Waals surface area contributed by atoms with E-state index in [1.54, 1.807) is 30.3 Å². The number of aryl methyl sites for hydroxylation is 1. The fourth-order valence-electron chi connectivity index (χ4n) is 3.39. The summed E-state index contributed by atoms with van der Waals surface area (Å²) in [6, 6.07) is 18.2. The van der Waals surface area contributed by atoms with Gasteiger partial charge in [0.1, 0.15) is 5.82 Å². The number of rotatable bonds is 7. The number of methoxy groups -OCH3 is 1. The van der Waals surface area contributed by atoms with E-state index in [9.17, 15) is 14.0 Å². The SMILES string of the molecule is COc1cc(/C=C2\SC(=S)N(c3ccc(F)cc3)C2=O)ccc1OCC(=O)Nc1cccc(C)c1. The van der Waals surface area contributed by atoms with Gasteiger partial charge in [-0.05, 0) is 72.7 Å². The number of halogens is 1. The molecule has 1 aliphatic rings. The Bertz CT molecular complexity index is 1330. The number of carbonyl (C=O) groups excluding carboxylic acids is 2. The quantitative estimate of drug-likeness (QED) is 0.333. The van der Waals surface area contributed by atoms with Crippen LogP contribution >= 0.6 is 24.0 Å². The lowest BCUT2D eigenvalue weighted by molar-refractivity contribution is -0.118. The Hall–Kier alpha value is -3.69. The molecule has 4 rings (SSSR count). The molecule has 3 aromatic rings. The predicted octanol–water partition coefficient (Wildman–Crippen LogP) is 5.57. The topological polar surface area (TPSA) is 67.9 Å². The maximum absolute atomic E-state index is 13.3. The highest BCUT2D eigenvalue weighted by atomic mass is 32.2. The van der Waals surface area contributed by atoms with Crippen molar-refractivity contribution in [3.8, 4) is 11.5 Å². The van der Waals surface area contributed by atoms with E-state index in [0.29, 0.717) is 37.7 Å². The molecule has 2 amide bonds. The molecule has 0 unspecified atom stereocenters. The number of thiocarbonyl (C=S) groups is 1. The van der Waals surface area contributed by atoms with Crippen molar-refractivity contribution in [1.29, 1.82) is 0 Å². The van der Waals surface area contributed by atoms with Gasteiger partial charge in [0, 0.05) is 5.69 Å². The molecule has 0 atom stereocenters. The number of nitrogens with one attached hydrogen (secondary N) is 1. The van der Waals surface area contributed by atoms with E-state index in [-0.39, 0.29) is 18.4 Å². The molecule has 35 heavy (non-hydrogen) atoms. The minimum atomic E-state index is -0.392. The van der Waals surface area contributed by atoms with E-state index in [1.807, 2.05) is 25.1 Å². The van der Waals surface area contributed by atoms with Crippen molar-refractivity contribution in [3.05, 3.63) is 88.6 Å². The van der Waals surface area contributed by atoms with Crippen LogP contribution in [0.2, 0.25) is 0 Å². The van der Waals surface area contributed by atoms with Crippen molar-refractivity contribution in [1.82, 2.24) is 0 Å². The van der Waals surface area contributed by atoms with Gasteiger partial charge in [-0.3, -0.25) is 14.5 Å². The molecule has 9 heteroatoms. The van der Waals surface area contributed by atoms with Crippen LogP contribution < -0.4 is 19.7 Å². The first-order valence-corrected chi connectivity index (χ1v) is 11.8. The Balaban J connectivity index is 1.45. The summed E-state index contributed by atoms with van der Waals surface area (Å²) in [5, 5.41) is 2.79. The molecule has 0 bridgehead atoms. The maximum atomic E-state index is 13.3. The second-order valence-electron chi connectivity index (χ2n) is 7.61. The van der Waals surface area contributed by atoms with Gasteiger partial charge in [-0.2, -0.15) is 0 Å². The second-order valence-corrected chi connectivity index (χ2v) is 9.29. The molecule has 3 aromatic carbocycles. The van der Waals surface area contributed by atoms with Crippen LogP contribution in [0.25, 0.3) is 6.08 Å². The van der Waals surface area contributed by atoms with Gasteiger partial charge < -0.3 is 14.8 Å². The van der Waals surface area contributed by atoms with E-state index >= 15 is 0 Å². The summed E-state index contributed by atoms with van der Waals surface area (Å²) in [5.41, 5.74) is 2.93. The van der Waals surface area contributed by atoms with Crippen molar-refractivity contribution in [2.75, 3.05) is 23.9 Å². The lowest BCUT2D eigenvalue weighted by atomic mass is 10.2. The van der Waals surface area contributed by atoms with E-state index in [1.165, 1.54) is 36.3 Å². The Morgan fingerprint density at radius 3 is 2.60 bits per heavy atom. The normalized spacial score (nSPS) is 14.4. The minimum Gasteiger partial charge on any atom is -0.493 e. The highest BCUT2D eigenvalue weighted by Gasteiger charge is 2.33. The number of ether oxygens (including phenoxy) is 2. The molecule has 1 aliphatic heterocycles. The van der Waals surface area contributed by atoms with E-state index in [0.717, 1.165) is 17.3 Å². The third-order valence-electron chi connectivity index (χ3n) is 5.02. The molecular formula is C26H21FN2O4S2. The molecule has 1 fully saturated rings. The maximum Gasteiger partial charge on any atom is 0.270 e. The van der Waals surface area contributed by atoms with Gasteiger partial charge in [0.05, 0.1) is 17.7 Å². The number of amides is 2. The lowest BCUT2D eigenvalue weighted by Crippen LogP contribution is -2.27. The molecule has 0 radical (unpaired) electrons. The molecule has 1 heterocycles. The van der Waals surface area contributed by atoms with Crippen LogP contribution in [-0.2, 0) is 9.59 Å². The number of hydrogen-bond acceptors (Lipinski definition) is 6. The highest BCUT2D eigenvalue weighted by Crippen LogP contribution is 2.37. The zero-order chi connectivity index (χ0) is 24.9. The number of anilines is 2. The zero-order valence-electron chi connectivity index (χ0n) is 18.9. The summed E-state index contributed by atoms with van der Waals surface area (Å²) >= 11 is 6.52. The molecular weight excluding hydrogens is 487 g/mol. The van der Waals surface area contributed by atoms with Gasteiger partial charge in [-0.15, -0.1) is 0 Å². The number of nitrogens with zero attached hydrogens (tertiary/aromatic N) is 1. The summed E-state index contributed by atoms with van der Waals surface area (Å²) in [7, 11) is 1.49. The largest absolute Gasteiger partial charge is 0.493 e. The fraction of sp³-hybridized carbons (Fsp3) is 0.115. The minimum absolute atomic E-state index is 0.194. The number of hydrogen-bond donors (Lipinski definition) is 1. The first kappa shape index (κ1) is 24.4. The Kier molecular flexibility index (Phi) is 7.48. The molecule has 0 saturated carbocycles. The smallest absolute Gasteiger partial charge is 0.270 e. The molecule has 6 nitrogen and oxygen atoms in total. The van der Waals surface area contributed by atoms with Gasteiger partial charge in [0.25, 0.3) is 11.8 Å². The van der Waals surface area contributed by atoms with Crippen molar-refractivity contribution < 1.29 is 23.5 Å².